The number of amidine groups is 1. The molecule has 0 atom stereocenters. The molecule has 0 aliphatic rings. The molecule has 0 N–H and O–H groups in total. The van der Waals surface area contributed by atoms with Crippen molar-refractivity contribution in [2.75, 3.05) is 13.1 Å². The number of nitrogens with zero attached hydrogens (tertiary/aromatic N) is 2. The second kappa shape index (κ2) is 13.8. The van der Waals surface area contributed by atoms with Crippen molar-refractivity contribution in [2.24, 2.45) is 4.40 Å². The molecule has 5 heteroatoms. The lowest BCUT2D eigenvalue weighted by Crippen LogP contribution is -2.31. The van der Waals surface area contributed by atoms with E-state index in [4.69, 9.17) is 0 Å². The highest BCUT2D eigenvalue weighted by Crippen LogP contribution is 2.17. The van der Waals surface area contributed by atoms with Gasteiger partial charge in [0.15, 0.2) is 0 Å². The van der Waals surface area contributed by atoms with Gasteiger partial charge in [0.1, 0.15) is 5.84 Å². The molecule has 0 spiro atoms. The fourth-order valence-electron chi connectivity index (χ4n) is 3.35. The summed E-state index contributed by atoms with van der Waals surface area (Å²) in [5, 5.41) is 0. The summed E-state index contributed by atoms with van der Waals surface area (Å²) in [7, 11) is -3.66. The number of rotatable bonds is 14. The molecule has 0 saturated heterocycles. The second-order valence-corrected chi connectivity index (χ2v) is 9.15. The summed E-state index contributed by atoms with van der Waals surface area (Å²) in [6.45, 7) is 9.84. The zero-order valence-electron chi connectivity index (χ0n) is 18.4. The summed E-state index contributed by atoms with van der Waals surface area (Å²) in [6.07, 6.45) is 12.0. The first-order chi connectivity index (χ1) is 13.4. The highest BCUT2D eigenvalue weighted by molar-refractivity contribution is 7.90. The summed E-state index contributed by atoms with van der Waals surface area (Å²) >= 11 is 0. The van der Waals surface area contributed by atoms with Crippen LogP contribution >= 0.6 is 0 Å². The Hall–Kier alpha value is -1.36. The van der Waals surface area contributed by atoms with Crippen molar-refractivity contribution in [1.82, 2.24) is 4.90 Å². The van der Waals surface area contributed by atoms with E-state index in [-0.39, 0.29) is 4.90 Å². The summed E-state index contributed by atoms with van der Waals surface area (Å²) in [6, 6.07) is 6.93. The van der Waals surface area contributed by atoms with Crippen LogP contribution in [-0.2, 0) is 10.0 Å². The number of hydrogen-bond donors (Lipinski definition) is 0. The lowest BCUT2D eigenvalue weighted by atomic mass is 10.1. The number of aryl methyl sites for hydroxylation is 1. The molecule has 0 amide bonds. The third-order valence-corrected chi connectivity index (χ3v) is 6.50. The van der Waals surface area contributed by atoms with Gasteiger partial charge in [-0.1, -0.05) is 76.0 Å². The van der Waals surface area contributed by atoms with Gasteiger partial charge in [-0.2, -0.15) is 8.42 Å². The van der Waals surface area contributed by atoms with Crippen molar-refractivity contribution < 1.29 is 8.42 Å². The Morgan fingerprint density at radius 3 is 1.82 bits per heavy atom. The number of benzene rings is 1. The SMILES string of the molecule is CCCCCCCCCCC/C(=N/S(=O)(=O)c1ccc(C)cc1)N(CC)CC. The molecular formula is C23H40N2O2S. The smallest absolute Gasteiger partial charge is 0.283 e. The average Bonchev–Trinajstić information content (AvgIpc) is 2.67. The van der Waals surface area contributed by atoms with Gasteiger partial charge in [-0.05, 0) is 39.3 Å². The third kappa shape index (κ3) is 9.22. The van der Waals surface area contributed by atoms with Gasteiger partial charge in [0.05, 0.1) is 4.90 Å². The molecular weight excluding hydrogens is 368 g/mol. The topological polar surface area (TPSA) is 49.7 Å². The first kappa shape index (κ1) is 24.7. The standard InChI is InChI=1S/C23H40N2O2S/c1-5-8-9-10-11-12-13-14-15-16-23(25(6-2)7-3)24-28(26,27)22-19-17-21(4)18-20-22/h17-20H,5-16H2,1-4H3/b24-23-. The van der Waals surface area contributed by atoms with Gasteiger partial charge in [0.25, 0.3) is 10.0 Å². The normalized spacial score (nSPS) is 12.4. The maximum atomic E-state index is 12.7. The molecule has 0 unspecified atom stereocenters. The van der Waals surface area contributed by atoms with Crippen LogP contribution in [0.5, 0.6) is 0 Å². The quantitative estimate of drug-likeness (QED) is 0.205. The Kier molecular flexibility index (Phi) is 12.1. The van der Waals surface area contributed by atoms with Crippen molar-refractivity contribution >= 4 is 15.9 Å². The first-order valence-electron chi connectivity index (χ1n) is 11.1. The summed E-state index contributed by atoms with van der Waals surface area (Å²) in [4.78, 5) is 2.34. The average molecular weight is 409 g/mol. The van der Waals surface area contributed by atoms with E-state index in [9.17, 15) is 8.42 Å². The molecule has 0 radical (unpaired) electrons. The van der Waals surface area contributed by atoms with Crippen LogP contribution in [0.2, 0.25) is 0 Å². The maximum absolute atomic E-state index is 12.7. The molecule has 4 nitrogen and oxygen atoms in total. The van der Waals surface area contributed by atoms with E-state index in [1.807, 2.05) is 32.9 Å². The van der Waals surface area contributed by atoms with E-state index in [0.717, 1.165) is 37.9 Å². The van der Waals surface area contributed by atoms with Crippen LogP contribution in [0.1, 0.15) is 90.5 Å². The van der Waals surface area contributed by atoms with Gasteiger partial charge in [-0.3, -0.25) is 0 Å². The zero-order chi connectivity index (χ0) is 20.8. The highest BCUT2D eigenvalue weighted by atomic mass is 32.2. The van der Waals surface area contributed by atoms with Crippen LogP contribution in [0.4, 0.5) is 0 Å². The monoisotopic (exact) mass is 408 g/mol. The van der Waals surface area contributed by atoms with E-state index in [1.54, 1.807) is 12.1 Å². The summed E-state index contributed by atoms with van der Waals surface area (Å²) in [5.41, 5.74) is 1.04. The molecule has 0 aliphatic carbocycles. The van der Waals surface area contributed by atoms with E-state index in [2.05, 4.69) is 16.2 Å². The Morgan fingerprint density at radius 1 is 0.821 bits per heavy atom. The highest BCUT2D eigenvalue weighted by Gasteiger charge is 2.17. The molecule has 160 valence electrons. The Morgan fingerprint density at radius 2 is 1.32 bits per heavy atom. The third-order valence-electron chi connectivity index (χ3n) is 5.18. The molecule has 0 heterocycles. The van der Waals surface area contributed by atoms with Crippen molar-refractivity contribution in [1.29, 1.82) is 0 Å². The Labute approximate surface area is 173 Å². The zero-order valence-corrected chi connectivity index (χ0v) is 19.2. The lowest BCUT2D eigenvalue weighted by Gasteiger charge is -2.23. The molecule has 1 aromatic rings. The predicted octanol–water partition coefficient (Wildman–Crippen LogP) is 6.34. The van der Waals surface area contributed by atoms with E-state index in [1.165, 1.54) is 44.9 Å². The molecule has 0 aromatic heterocycles. The van der Waals surface area contributed by atoms with E-state index in [0.29, 0.717) is 5.84 Å². The van der Waals surface area contributed by atoms with Gasteiger partial charge in [0, 0.05) is 19.5 Å². The first-order valence-corrected chi connectivity index (χ1v) is 12.5. The largest absolute Gasteiger partial charge is 0.360 e. The van der Waals surface area contributed by atoms with Crippen LogP contribution in [0.25, 0.3) is 0 Å². The minimum atomic E-state index is -3.66. The van der Waals surface area contributed by atoms with Gasteiger partial charge >= 0.3 is 0 Å². The van der Waals surface area contributed by atoms with E-state index >= 15 is 0 Å². The van der Waals surface area contributed by atoms with Crippen LogP contribution in [0, 0.1) is 6.92 Å². The van der Waals surface area contributed by atoms with Crippen molar-refractivity contribution in [3.8, 4) is 0 Å². The van der Waals surface area contributed by atoms with Crippen LogP contribution in [0.15, 0.2) is 33.6 Å². The molecule has 0 bridgehead atoms. The van der Waals surface area contributed by atoms with Crippen molar-refractivity contribution in [3.63, 3.8) is 0 Å². The summed E-state index contributed by atoms with van der Waals surface area (Å²) < 4.78 is 29.7. The van der Waals surface area contributed by atoms with Crippen molar-refractivity contribution in [3.05, 3.63) is 29.8 Å². The summed E-state index contributed by atoms with van der Waals surface area (Å²) in [5.74, 6) is 0.702. The molecule has 0 aliphatic heterocycles. The molecule has 1 aromatic carbocycles. The molecule has 1 rings (SSSR count). The fraction of sp³-hybridized carbons (Fsp3) is 0.696. The van der Waals surface area contributed by atoms with Crippen molar-refractivity contribution in [2.45, 2.75) is 96.8 Å². The van der Waals surface area contributed by atoms with E-state index < -0.39 is 10.0 Å². The van der Waals surface area contributed by atoms with Crippen LogP contribution < -0.4 is 0 Å². The maximum Gasteiger partial charge on any atom is 0.283 e. The Bertz CT molecular complexity index is 662. The van der Waals surface area contributed by atoms with Gasteiger partial charge in [-0.15, -0.1) is 4.40 Å². The predicted molar refractivity (Wildman–Crippen MR) is 121 cm³/mol. The number of unbranched alkanes of at least 4 members (excludes halogenated alkanes) is 8. The van der Waals surface area contributed by atoms with Gasteiger partial charge < -0.3 is 4.90 Å². The van der Waals surface area contributed by atoms with Crippen LogP contribution in [-0.4, -0.2) is 32.2 Å². The van der Waals surface area contributed by atoms with Crippen LogP contribution in [0.3, 0.4) is 0 Å². The Balaban J connectivity index is 2.63. The number of hydrogen-bond acceptors (Lipinski definition) is 2. The minimum Gasteiger partial charge on any atom is -0.360 e. The van der Waals surface area contributed by atoms with Gasteiger partial charge in [0.2, 0.25) is 0 Å². The lowest BCUT2D eigenvalue weighted by molar-refractivity contribution is 0.451. The van der Waals surface area contributed by atoms with Gasteiger partial charge in [-0.25, -0.2) is 0 Å². The number of sulfonamides is 1. The molecule has 0 saturated carbocycles. The molecule has 0 fully saturated rings. The fourth-order valence-corrected chi connectivity index (χ4v) is 4.42. The second-order valence-electron chi connectivity index (χ2n) is 7.55. The molecule has 28 heavy (non-hydrogen) atoms. The minimum absolute atomic E-state index is 0.273.